The molecule has 100 valence electrons. The summed E-state index contributed by atoms with van der Waals surface area (Å²) in [6, 6.07) is 0. The Morgan fingerprint density at radius 2 is 2.11 bits per heavy atom. The van der Waals surface area contributed by atoms with Crippen LogP contribution in [0.4, 0.5) is 10.6 Å². The Balaban J connectivity index is 2.28. The van der Waals surface area contributed by atoms with E-state index in [1.54, 1.807) is 11.1 Å². The number of rotatable bonds is 0. The topological polar surface area (TPSA) is 47.4 Å². The predicted octanol–water partition coefficient (Wildman–Crippen LogP) is 2.58. The Bertz CT molecular complexity index is 459. The fourth-order valence-corrected chi connectivity index (χ4v) is 2.19. The molecular weight excluding hydrogens is 230 g/mol. The van der Waals surface area contributed by atoms with E-state index in [0.29, 0.717) is 12.5 Å². The van der Waals surface area contributed by atoms with Gasteiger partial charge in [-0.1, -0.05) is 6.92 Å². The average Bonchev–Trinajstić information content (AvgIpc) is 2.56. The lowest BCUT2D eigenvalue weighted by molar-refractivity contribution is 0.0564. The number of aromatic nitrogens is 2. The van der Waals surface area contributed by atoms with Gasteiger partial charge in [-0.25, -0.2) is 9.48 Å². The van der Waals surface area contributed by atoms with E-state index < -0.39 is 5.60 Å². The first kappa shape index (κ1) is 12.9. The van der Waals surface area contributed by atoms with Crippen LogP contribution in [0.2, 0.25) is 0 Å². The molecule has 1 atom stereocenters. The summed E-state index contributed by atoms with van der Waals surface area (Å²) in [6.45, 7) is 11.2. The minimum atomic E-state index is -0.476. The van der Waals surface area contributed by atoms with Crippen LogP contribution < -0.4 is 4.90 Å². The third kappa shape index (κ3) is 2.49. The number of fused-ring (bicyclic) bond motifs is 1. The van der Waals surface area contributed by atoms with Crippen molar-refractivity contribution in [2.45, 2.75) is 46.8 Å². The molecule has 1 aliphatic heterocycles. The zero-order valence-electron chi connectivity index (χ0n) is 11.7. The van der Waals surface area contributed by atoms with Crippen molar-refractivity contribution in [1.82, 2.24) is 9.78 Å². The predicted molar refractivity (Wildman–Crippen MR) is 69.7 cm³/mol. The molecule has 0 N–H and O–H groups in total. The monoisotopic (exact) mass is 251 g/mol. The Morgan fingerprint density at radius 1 is 1.44 bits per heavy atom. The second kappa shape index (κ2) is 4.30. The van der Waals surface area contributed by atoms with Gasteiger partial charge in [-0.2, -0.15) is 5.10 Å². The van der Waals surface area contributed by atoms with Gasteiger partial charge in [0.25, 0.3) is 0 Å². The highest BCUT2D eigenvalue weighted by molar-refractivity contribution is 5.88. The Hall–Kier alpha value is -1.52. The minimum Gasteiger partial charge on any atom is -0.443 e. The van der Waals surface area contributed by atoms with Crippen LogP contribution in [-0.2, 0) is 11.3 Å². The molecule has 1 amide bonds. The highest BCUT2D eigenvalue weighted by Gasteiger charge is 2.31. The van der Waals surface area contributed by atoms with E-state index >= 15 is 0 Å². The molecule has 0 radical (unpaired) electrons. The van der Waals surface area contributed by atoms with Crippen molar-refractivity contribution in [3.8, 4) is 0 Å². The summed E-state index contributed by atoms with van der Waals surface area (Å²) in [5.41, 5.74) is 0.532. The minimum absolute atomic E-state index is 0.293. The number of nitrogens with zero attached hydrogens (tertiary/aromatic N) is 3. The van der Waals surface area contributed by atoms with Gasteiger partial charge in [0.2, 0.25) is 0 Å². The van der Waals surface area contributed by atoms with Crippen molar-refractivity contribution >= 4 is 11.9 Å². The maximum Gasteiger partial charge on any atom is 0.416 e. The van der Waals surface area contributed by atoms with Crippen molar-refractivity contribution in [3.05, 3.63) is 11.8 Å². The molecule has 5 nitrogen and oxygen atoms in total. The van der Waals surface area contributed by atoms with Gasteiger partial charge >= 0.3 is 6.09 Å². The number of carbonyl (C=O) groups is 1. The number of carbonyl (C=O) groups excluding carboxylic acids is 1. The first-order chi connectivity index (χ1) is 8.28. The molecule has 1 aromatic rings. The lowest BCUT2D eigenvalue weighted by atomic mass is 10.1. The van der Waals surface area contributed by atoms with Crippen molar-refractivity contribution < 1.29 is 9.53 Å². The first-order valence-electron chi connectivity index (χ1n) is 6.31. The zero-order chi connectivity index (χ0) is 13.5. The van der Waals surface area contributed by atoms with E-state index in [1.165, 1.54) is 0 Å². The maximum absolute atomic E-state index is 12.2. The third-order valence-electron chi connectivity index (χ3n) is 2.84. The van der Waals surface area contributed by atoms with Gasteiger partial charge in [-0.3, -0.25) is 4.90 Å². The second-order valence-electron chi connectivity index (χ2n) is 6.03. The van der Waals surface area contributed by atoms with Crippen molar-refractivity contribution in [2.75, 3.05) is 11.4 Å². The van der Waals surface area contributed by atoms with E-state index in [4.69, 9.17) is 4.74 Å². The van der Waals surface area contributed by atoms with Crippen molar-refractivity contribution in [3.63, 3.8) is 0 Å². The van der Waals surface area contributed by atoms with Gasteiger partial charge in [-0.15, -0.1) is 0 Å². The fourth-order valence-electron chi connectivity index (χ4n) is 2.19. The van der Waals surface area contributed by atoms with Crippen LogP contribution >= 0.6 is 0 Å². The summed E-state index contributed by atoms with van der Waals surface area (Å²) >= 11 is 0. The zero-order valence-corrected chi connectivity index (χ0v) is 11.7. The quantitative estimate of drug-likeness (QED) is 0.712. The summed E-state index contributed by atoms with van der Waals surface area (Å²) < 4.78 is 7.34. The number of hydrogen-bond acceptors (Lipinski definition) is 3. The lowest BCUT2D eigenvalue weighted by Gasteiger charge is -2.33. The van der Waals surface area contributed by atoms with E-state index in [-0.39, 0.29) is 6.09 Å². The summed E-state index contributed by atoms with van der Waals surface area (Å²) in [5.74, 6) is 1.24. The molecule has 2 heterocycles. The molecule has 1 unspecified atom stereocenters. The van der Waals surface area contributed by atoms with Gasteiger partial charge in [-0.05, 0) is 33.6 Å². The van der Waals surface area contributed by atoms with Crippen molar-refractivity contribution in [1.29, 1.82) is 0 Å². The second-order valence-corrected chi connectivity index (χ2v) is 6.03. The molecule has 2 rings (SSSR count). The number of amides is 1. The normalized spacial score (nSPS) is 19.6. The van der Waals surface area contributed by atoms with E-state index in [0.717, 1.165) is 17.9 Å². The first-order valence-corrected chi connectivity index (χ1v) is 6.31. The largest absolute Gasteiger partial charge is 0.443 e. The highest BCUT2D eigenvalue weighted by Crippen LogP contribution is 2.28. The molecule has 0 fully saturated rings. The molecule has 0 saturated heterocycles. The SMILES string of the molecule is Cc1cnn2c1N(C(=O)OC(C)(C)C)CC(C)C2. The maximum atomic E-state index is 12.2. The van der Waals surface area contributed by atoms with Crippen LogP contribution in [0, 0.1) is 12.8 Å². The molecule has 0 bridgehead atoms. The number of hydrogen-bond donors (Lipinski definition) is 0. The Morgan fingerprint density at radius 3 is 2.72 bits per heavy atom. The number of ether oxygens (including phenoxy) is 1. The number of aryl methyl sites for hydroxylation is 1. The molecule has 5 heteroatoms. The Labute approximate surface area is 108 Å². The van der Waals surface area contributed by atoms with Gasteiger partial charge in [0, 0.05) is 18.7 Å². The van der Waals surface area contributed by atoms with Crippen molar-refractivity contribution in [2.24, 2.45) is 5.92 Å². The molecule has 0 aromatic carbocycles. The summed E-state index contributed by atoms with van der Waals surface area (Å²) in [5, 5.41) is 4.30. The summed E-state index contributed by atoms with van der Waals surface area (Å²) in [7, 11) is 0. The molecule has 0 aliphatic carbocycles. The molecule has 1 aromatic heterocycles. The smallest absolute Gasteiger partial charge is 0.416 e. The standard InChI is InChI=1S/C13H21N3O2/c1-9-7-15(12(17)18-13(3,4)5)11-10(2)6-14-16(11)8-9/h6,9H,7-8H2,1-5H3. The highest BCUT2D eigenvalue weighted by atomic mass is 16.6. The number of anilines is 1. The van der Waals surface area contributed by atoms with E-state index in [2.05, 4.69) is 12.0 Å². The summed E-state index contributed by atoms with van der Waals surface area (Å²) in [4.78, 5) is 13.9. The average molecular weight is 251 g/mol. The van der Waals surface area contributed by atoms with Crippen LogP contribution in [-0.4, -0.2) is 28.0 Å². The van der Waals surface area contributed by atoms with Crippen LogP contribution in [0.5, 0.6) is 0 Å². The van der Waals surface area contributed by atoms with E-state index in [1.807, 2.05) is 32.4 Å². The van der Waals surface area contributed by atoms with Crippen LogP contribution in [0.25, 0.3) is 0 Å². The fraction of sp³-hybridized carbons (Fsp3) is 0.692. The molecule has 0 saturated carbocycles. The van der Waals surface area contributed by atoms with Gasteiger partial charge in [0.05, 0.1) is 6.20 Å². The van der Waals surface area contributed by atoms with Gasteiger partial charge in [0.15, 0.2) is 0 Å². The van der Waals surface area contributed by atoms with E-state index in [9.17, 15) is 4.79 Å². The van der Waals surface area contributed by atoms with Crippen LogP contribution in [0.15, 0.2) is 6.20 Å². The summed E-state index contributed by atoms with van der Waals surface area (Å²) in [6.07, 6.45) is 1.50. The van der Waals surface area contributed by atoms with Gasteiger partial charge < -0.3 is 4.74 Å². The van der Waals surface area contributed by atoms with Gasteiger partial charge in [0.1, 0.15) is 11.4 Å². The Kier molecular flexibility index (Phi) is 3.09. The lowest BCUT2D eigenvalue weighted by Crippen LogP contribution is -2.44. The third-order valence-corrected chi connectivity index (χ3v) is 2.84. The molecule has 1 aliphatic rings. The van der Waals surface area contributed by atoms with Crippen LogP contribution in [0.1, 0.15) is 33.3 Å². The molecule has 0 spiro atoms. The molecule has 18 heavy (non-hydrogen) atoms. The van der Waals surface area contributed by atoms with Crippen LogP contribution in [0.3, 0.4) is 0 Å². The molecular formula is C13H21N3O2.